The maximum Gasteiger partial charge on any atom is 0.136 e. The van der Waals surface area contributed by atoms with Gasteiger partial charge in [-0.05, 0) is 13.0 Å². The van der Waals surface area contributed by atoms with Crippen molar-refractivity contribution in [1.29, 1.82) is 0 Å². The van der Waals surface area contributed by atoms with Crippen LogP contribution in [0.2, 0.25) is 0 Å². The Labute approximate surface area is 82.8 Å². The molecule has 1 saturated heterocycles. The average Bonchev–Trinajstić information content (AvgIpc) is 2.14. The molecule has 2 heterocycles. The van der Waals surface area contributed by atoms with E-state index in [1.807, 2.05) is 13.0 Å². The largest absolute Gasteiger partial charge is 0.375 e. The van der Waals surface area contributed by atoms with Gasteiger partial charge in [-0.1, -0.05) is 18.2 Å². The summed E-state index contributed by atoms with van der Waals surface area (Å²) >= 11 is 0. The summed E-state index contributed by atoms with van der Waals surface area (Å²) in [6, 6.07) is 8.31. The quantitative estimate of drug-likeness (QED) is 0.673. The molecule has 1 aromatic rings. The Morgan fingerprint density at radius 3 is 2.86 bits per heavy atom. The average molecular weight is 188 g/mol. The van der Waals surface area contributed by atoms with Gasteiger partial charge in [-0.3, -0.25) is 4.99 Å². The van der Waals surface area contributed by atoms with Crippen molar-refractivity contribution in [2.24, 2.45) is 4.99 Å². The lowest BCUT2D eigenvalue weighted by Gasteiger charge is -2.42. The third kappa shape index (κ3) is 0.930. The number of nitrogens with one attached hydrogen (secondary N) is 1. The predicted octanol–water partition coefficient (Wildman–Crippen LogP) is 1.76. The minimum atomic E-state index is -0.0913. The van der Waals surface area contributed by atoms with Crippen LogP contribution in [0.1, 0.15) is 12.5 Å². The molecule has 1 spiro atoms. The van der Waals surface area contributed by atoms with E-state index in [1.165, 1.54) is 11.3 Å². The van der Waals surface area contributed by atoms with Gasteiger partial charge in [-0.15, -0.1) is 0 Å². The van der Waals surface area contributed by atoms with Crippen LogP contribution in [0.3, 0.4) is 0 Å². The minimum Gasteiger partial charge on any atom is -0.375 e. The summed E-state index contributed by atoms with van der Waals surface area (Å²) in [5.41, 5.74) is 2.34. The van der Waals surface area contributed by atoms with E-state index < -0.39 is 0 Å². The zero-order chi connectivity index (χ0) is 9.60. The molecule has 0 aromatic heterocycles. The van der Waals surface area contributed by atoms with Crippen molar-refractivity contribution in [2.75, 3.05) is 18.5 Å². The minimum absolute atomic E-state index is 0.0913. The lowest BCUT2D eigenvalue weighted by molar-refractivity contribution is -0.0555. The Balaban J connectivity index is 2.17. The molecule has 2 aliphatic rings. The van der Waals surface area contributed by atoms with Crippen LogP contribution in [-0.2, 0) is 10.3 Å². The molecular weight excluding hydrogens is 176 g/mol. The van der Waals surface area contributed by atoms with Crippen molar-refractivity contribution in [3.63, 3.8) is 0 Å². The lowest BCUT2D eigenvalue weighted by atomic mass is 9.86. The lowest BCUT2D eigenvalue weighted by Crippen LogP contribution is -2.48. The maximum absolute atomic E-state index is 5.29. The number of aliphatic imine (C=N–C) groups is 1. The second kappa shape index (κ2) is 2.58. The third-order valence-electron chi connectivity index (χ3n) is 2.81. The van der Waals surface area contributed by atoms with Gasteiger partial charge in [0.1, 0.15) is 5.54 Å². The van der Waals surface area contributed by atoms with Gasteiger partial charge in [0, 0.05) is 11.3 Å². The molecule has 1 fully saturated rings. The Morgan fingerprint density at radius 2 is 2.14 bits per heavy atom. The first kappa shape index (κ1) is 8.00. The number of ether oxygens (including phenoxy) is 1. The molecule has 0 unspecified atom stereocenters. The van der Waals surface area contributed by atoms with Crippen LogP contribution in [-0.4, -0.2) is 19.0 Å². The second-order valence-corrected chi connectivity index (χ2v) is 3.89. The molecule has 3 heteroatoms. The molecule has 1 N–H and O–H groups in total. The van der Waals surface area contributed by atoms with Crippen molar-refractivity contribution in [1.82, 2.24) is 0 Å². The highest BCUT2D eigenvalue weighted by molar-refractivity contribution is 5.96. The summed E-state index contributed by atoms with van der Waals surface area (Å²) < 4.78 is 5.29. The SMILES string of the molecule is CC1=NC2(COC2)c2ccccc2N1. The Hall–Kier alpha value is -1.35. The first-order chi connectivity index (χ1) is 6.80. The van der Waals surface area contributed by atoms with Gasteiger partial charge >= 0.3 is 0 Å². The zero-order valence-electron chi connectivity index (χ0n) is 8.08. The number of fused-ring (bicyclic) bond motifs is 2. The molecule has 72 valence electrons. The molecule has 0 aliphatic carbocycles. The van der Waals surface area contributed by atoms with Gasteiger partial charge in [0.2, 0.25) is 0 Å². The van der Waals surface area contributed by atoms with E-state index in [-0.39, 0.29) is 5.54 Å². The van der Waals surface area contributed by atoms with E-state index in [0.29, 0.717) is 13.2 Å². The summed E-state index contributed by atoms with van der Waals surface area (Å²) in [7, 11) is 0. The fraction of sp³-hybridized carbons (Fsp3) is 0.364. The highest BCUT2D eigenvalue weighted by Crippen LogP contribution is 2.40. The fourth-order valence-corrected chi connectivity index (χ4v) is 2.12. The molecule has 0 saturated carbocycles. The molecule has 2 aliphatic heterocycles. The number of para-hydroxylation sites is 1. The first-order valence-electron chi connectivity index (χ1n) is 4.81. The molecule has 3 nitrogen and oxygen atoms in total. The van der Waals surface area contributed by atoms with E-state index in [4.69, 9.17) is 4.74 Å². The maximum atomic E-state index is 5.29. The highest BCUT2D eigenvalue weighted by atomic mass is 16.5. The van der Waals surface area contributed by atoms with E-state index >= 15 is 0 Å². The van der Waals surface area contributed by atoms with Crippen molar-refractivity contribution < 1.29 is 4.74 Å². The summed E-state index contributed by atoms with van der Waals surface area (Å²) in [5.74, 6) is 0.979. The first-order valence-corrected chi connectivity index (χ1v) is 4.81. The van der Waals surface area contributed by atoms with E-state index in [2.05, 4.69) is 28.5 Å². The smallest absolute Gasteiger partial charge is 0.136 e. The van der Waals surface area contributed by atoms with E-state index in [9.17, 15) is 0 Å². The summed E-state index contributed by atoms with van der Waals surface area (Å²) in [4.78, 5) is 4.64. The molecule has 0 atom stereocenters. The molecule has 3 rings (SSSR count). The fourth-order valence-electron chi connectivity index (χ4n) is 2.12. The normalized spacial score (nSPS) is 21.9. The predicted molar refractivity (Wildman–Crippen MR) is 55.7 cm³/mol. The summed E-state index contributed by atoms with van der Waals surface area (Å²) in [6.07, 6.45) is 0. The second-order valence-electron chi connectivity index (χ2n) is 3.89. The standard InChI is InChI=1S/C11H12N2O/c1-8-12-10-5-3-2-4-9(10)11(13-8)6-14-7-11/h2-5H,6-7H2,1H3,(H,12,13). The Kier molecular flexibility index (Phi) is 1.47. The number of benzene rings is 1. The van der Waals surface area contributed by atoms with Gasteiger partial charge in [-0.2, -0.15) is 0 Å². The topological polar surface area (TPSA) is 33.6 Å². The molecule has 1 aromatic carbocycles. The van der Waals surface area contributed by atoms with Crippen LogP contribution in [0.15, 0.2) is 29.3 Å². The number of amidine groups is 1. The zero-order valence-corrected chi connectivity index (χ0v) is 8.08. The van der Waals surface area contributed by atoms with Gasteiger partial charge in [-0.25, -0.2) is 0 Å². The van der Waals surface area contributed by atoms with Crippen molar-refractivity contribution >= 4 is 11.5 Å². The number of anilines is 1. The number of hydrogen-bond donors (Lipinski definition) is 1. The Morgan fingerprint density at radius 1 is 1.36 bits per heavy atom. The van der Waals surface area contributed by atoms with Crippen LogP contribution in [0.5, 0.6) is 0 Å². The monoisotopic (exact) mass is 188 g/mol. The van der Waals surface area contributed by atoms with Gasteiger partial charge in [0.05, 0.1) is 19.0 Å². The van der Waals surface area contributed by atoms with Gasteiger partial charge < -0.3 is 10.1 Å². The van der Waals surface area contributed by atoms with Crippen LogP contribution in [0.25, 0.3) is 0 Å². The number of nitrogens with zero attached hydrogens (tertiary/aromatic N) is 1. The molecule has 14 heavy (non-hydrogen) atoms. The van der Waals surface area contributed by atoms with Crippen molar-refractivity contribution in [3.8, 4) is 0 Å². The van der Waals surface area contributed by atoms with Crippen LogP contribution in [0.4, 0.5) is 5.69 Å². The summed E-state index contributed by atoms with van der Waals surface area (Å²) in [6.45, 7) is 3.42. The Bertz CT molecular complexity index is 408. The van der Waals surface area contributed by atoms with Crippen molar-refractivity contribution in [3.05, 3.63) is 29.8 Å². The van der Waals surface area contributed by atoms with Gasteiger partial charge in [0.15, 0.2) is 0 Å². The molecule has 0 bridgehead atoms. The van der Waals surface area contributed by atoms with Crippen LogP contribution < -0.4 is 5.32 Å². The van der Waals surface area contributed by atoms with E-state index in [1.54, 1.807) is 0 Å². The van der Waals surface area contributed by atoms with Crippen LogP contribution >= 0.6 is 0 Å². The number of hydrogen-bond acceptors (Lipinski definition) is 3. The molecule has 0 amide bonds. The molecular formula is C11H12N2O. The van der Waals surface area contributed by atoms with E-state index in [0.717, 1.165) is 5.84 Å². The molecule has 0 radical (unpaired) electrons. The van der Waals surface area contributed by atoms with Crippen molar-refractivity contribution in [2.45, 2.75) is 12.5 Å². The number of rotatable bonds is 0. The van der Waals surface area contributed by atoms with Gasteiger partial charge in [0.25, 0.3) is 0 Å². The summed E-state index contributed by atoms with van der Waals surface area (Å²) in [5, 5.41) is 3.28. The highest BCUT2D eigenvalue weighted by Gasteiger charge is 2.43. The third-order valence-corrected chi connectivity index (χ3v) is 2.81. The van der Waals surface area contributed by atoms with Crippen LogP contribution in [0, 0.1) is 0 Å².